The third-order valence-corrected chi connectivity index (χ3v) is 4.17. The molecule has 0 aromatic heterocycles. The molecule has 0 radical (unpaired) electrons. The number of nitrogens with zero attached hydrogens (tertiary/aromatic N) is 1. The zero-order valence-electron chi connectivity index (χ0n) is 13.5. The summed E-state index contributed by atoms with van der Waals surface area (Å²) in [5, 5.41) is 3.38. The van der Waals surface area contributed by atoms with Crippen LogP contribution in [0.5, 0.6) is 0 Å². The van der Waals surface area contributed by atoms with Crippen LogP contribution in [0.1, 0.15) is 65.7 Å². The van der Waals surface area contributed by atoms with E-state index in [4.69, 9.17) is 0 Å². The number of carbonyl (C=O) groups excluding carboxylic acids is 1. The standard InChI is InChI=1S/C16H32N2O.ClH/c1-4-5-6-13-18(14(2)3)16(19)8-7-15-9-11-17-12-10-15;/h14-15,17H,4-13H2,1-3H3;1H. The second-order valence-electron chi connectivity index (χ2n) is 6.12. The van der Waals surface area contributed by atoms with Gasteiger partial charge >= 0.3 is 0 Å². The van der Waals surface area contributed by atoms with Crippen LogP contribution >= 0.6 is 12.4 Å². The molecule has 3 nitrogen and oxygen atoms in total. The molecule has 0 spiro atoms. The van der Waals surface area contributed by atoms with E-state index in [9.17, 15) is 4.79 Å². The molecule has 120 valence electrons. The second kappa shape index (κ2) is 11.4. The van der Waals surface area contributed by atoms with Crippen LogP contribution in [0.3, 0.4) is 0 Å². The van der Waals surface area contributed by atoms with Gasteiger partial charge in [0.05, 0.1) is 0 Å². The van der Waals surface area contributed by atoms with E-state index in [0.29, 0.717) is 11.9 Å². The summed E-state index contributed by atoms with van der Waals surface area (Å²) in [6, 6.07) is 0.345. The third kappa shape index (κ3) is 7.49. The molecule has 1 fully saturated rings. The van der Waals surface area contributed by atoms with Crippen molar-refractivity contribution in [1.29, 1.82) is 0 Å². The van der Waals surface area contributed by atoms with Gasteiger partial charge in [-0.3, -0.25) is 4.79 Å². The maximum absolute atomic E-state index is 12.3. The molecule has 0 aliphatic carbocycles. The maximum Gasteiger partial charge on any atom is 0.222 e. The lowest BCUT2D eigenvalue weighted by atomic mass is 9.93. The summed E-state index contributed by atoms with van der Waals surface area (Å²) in [4.78, 5) is 14.4. The Bertz CT molecular complexity index is 253. The van der Waals surface area contributed by atoms with E-state index in [-0.39, 0.29) is 12.4 Å². The summed E-state index contributed by atoms with van der Waals surface area (Å²) >= 11 is 0. The van der Waals surface area contributed by atoms with Gasteiger partial charge in [0, 0.05) is 19.0 Å². The Morgan fingerprint density at radius 3 is 2.45 bits per heavy atom. The predicted octanol–water partition coefficient (Wildman–Crippen LogP) is 3.62. The Hall–Kier alpha value is -0.280. The number of nitrogens with one attached hydrogen (secondary N) is 1. The minimum atomic E-state index is 0. The topological polar surface area (TPSA) is 32.3 Å². The summed E-state index contributed by atoms with van der Waals surface area (Å²) in [5.41, 5.74) is 0. The first-order valence-electron chi connectivity index (χ1n) is 8.15. The fourth-order valence-corrected chi connectivity index (χ4v) is 2.84. The predicted molar refractivity (Wildman–Crippen MR) is 88.4 cm³/mol. The minimum absolute atomic E-state index is 0. The quantitative estimate of drug-likeness (QED) is 0.695. The highest BCUT2D eigenvalue weighted by atomic mass is 35.5. The Balaban J connectivity index is 0.00000361. The van der Waals surface area contributed by atoms with Crippen LogP contribution in [-0.2, 0) is 4.79 Å². The molecule has 1 saturated heterocycles. The van der Waals surface area contributed by atoms with E-state index < -0.39 is 0 Å². The average molecular weight is 305 g/mol. The van der Waals surface area contributed by atoms with Crippen LogP contribution in [0.4, 0.5) is 0 Å². The summed E-state index contributed by atoms with van der Waals surface area (Å²) < 4.78 is 0. The van der Waals surface area contributed by atoms with E-state index in [1.54, 1.807) is 0 Å². The lowest BCUT2D eigenvalue weighted by Gasteiger charge is -2.28. The lowest BCUT2D eigenvalue weighted by Crippen LogP contribution is -2.38. The zero-order chi connectivity index (χ0) is 14.1. The molecule has 1 aliphatic rings. The number of carbonyl (C=O) groups is 1. The van der Waals surface area contributed by atoms with Gasteiger partial charge in [0.15, 0.2) is 0 Å². The van der Waals surface area contributed by atoms with E-state index in [2.05, 4.69) is 31.0 Å². The number of amides is 1. The Labute approximate surface area is 131 Å². The number of rotatable bonds is 8. The van der Waals surface area contributed by atoms with Crippen LogP contribution in [0, 0.1) is 5.92 Å². The molecule has 0 saturated carbocycles. The van der Waals surface area contributed by atoms with Crippen molar-refractivity contribution in [3.63, 3.8) is 0 Å². The summed E-state index contributed by atoms with van der Waals surface area (Å²) in [6.45, 7) is 9.67. The molecule has 0 bridgehead atoms. The van der Waals surface area contributed by atoms with Crippen molar-refractivity contribution in [2.75, 3.05) is 19.6 Å². The van der Waals surface area contributed by atoms with Crippen molar-refractivity contribution in [3.05, 3.63) is 0 Å². The highest BCUT2D eigenvalue weighted by Crippen LogP contribution is 2.19. The van der Waals surface area contributed by atoms with Gasteiger partial charge in [0.1, 0.15) is 0 Å². The SMILES string of the molecule is CCCCCN(C(=O)CCC1CCNCC1)C(C)C.Cl. The Morgan fingerprint density at radius 2 is 1.90 bits per heavy atom. The van der Waals surface area contributed by atoms with Crippen molar-refractivity contribution < 1.29 is 4.79 Å². The molecule has 1 rings (SSSR count). The molecule has 0 aromatic carbocycles. The number of hydrogen-bond acceptors (Lipinski definition) is 2. The molecule has 1 heterocycles. The van der Waals surface area contributed by atoms with Crippen molar-refractivity contribution in [2.45, 2.75) is 71.8 Å². The number of hydrogen-bond donors (Lipinski definition) is 1. The first-order valence-corrected chi connectivity index (χ1v) is 8.15. The number of unbranched alkanes of at least 4 members (excludes halogenated alkanes) is 2. The largest absolute Gasteiger partial charge is 0.340 e. The summed E-state index contributed by atoms with van der Waals surface area (Å²) in [6.07, 6.45) is 7.90. The molecule has 1 amide bonds. The highest BCUT2D eigenvalue weighted by molar-refractivity contribution is 5.85. The van der Waals surface area contributed by atoms with Gasteiger partial charge in [-0.2, -0.15) is 0 Å². The van der Waals surface area contributed by atoms with Gasteiger partial charge in [0.2, 0.25) is 5.91 Å². The molecule has 20 heavy (non-hydrogen) atoms. The minimum Gasteiger partial charge on any atom is -0.340 e. The van der Waals surface area contributed by atoms with Crippen molar-refractivity contribution in [3.8, 4) is 0 Å². The molecule has 1 N–H and O–H groups in total. The lowest BCUT2D eigenvalue weighted by molar-refractivity contribution is -0.133. The number of piperidine rings is 1. The molecule has 0 atom stereocenters. The number of halogens is 1. The van der Waals surface area contributed by atoms with Crippen molar-refractivity contribution >= 4 is 18.3 Å². The summed E-state index contributed by atoms with van der Waals surface area (Å²) in [5.74, 6) is 1.12. The molecule has 0 unspecified atom stereocenters. The first kappa shape index (κ1) is 19.7. The summed E-state index contributed by atoms with van der Waals surface area (Å²) in [7, 11) is 0. The smallest absolute Gasteiger partial charge is 0.222 e. The fraction of sp³-hybridized carbons (Fsp3) is 0.938. The Kier molecular flexibility index (Phi) is 11.2. The third-order valence-electron chi connectivity index (χ3n) is 4.17. The molecular weight excluding hydrogens is 272 g/mol. The average Bonchev–Trinajstić information content (AvgIpc) is 2.42. The van der Waals surface area contributed by atoms with Crippen LogP contribution in [0.2, 0.25) is 0 Å². The zero-order valence-corrected chi connectivity index (χ0v) is 14.3. The van der Waals surface area contributed by atoms with Crippen molar-refractivity contribution in [2.24, 2.45) is 5.92 Å². The van der Waals surface area contributed by atoms with Gasteiger partial charge in [0.25, 0.3) is 0 Å². The maximum atomic E-state index is 12.3. The first-order chi connectivity index (χ1) is 9.15. The van der Waals surface area contributed by atoms with E-state index in [0.717, 1.165) is 44.8 Å². The van der Waals surface area contributed by atoms with E-state index in [1.807, 2.05) is 0 Å². The molecule has 4 heteroatoms. The molecular formula is C16H33ClN2O. The van der Waals surface area contributed by atoms with Crippen LogP contribution in [0.25, 0.3) is 0 Å². The van der Waals surface area contributed by atoms with E-state index >= 15 is 0 Å². The van der Waals surface area contributed by atoms with Crippen LogP contribution in [-0.4, -0.2) is 36.5 Å². The van der Waals surface area contributed by atoms with Gasteiger partial charge < -0.3 is 10.2 Å². The van der Waals surface area contributed by atoms with Crippen LogP contribution < -0.4 is 5.32 Å². The van der Waals surface area contributed by atoms with Gasteiger partial charge in [-0.05, 0) is 58.5 Å². The second-order valence-corrected chi connectivity index (χ2v) is 6.12. The van der Waals surface area contributed by atoms with Gasteiger partial charge in [-0.1, -0.05) is 19.8 Å². The highest BCUT2D eigenvalue weighted by Gasteiger charge is 2.19. The monoisotopic (exact) mass is 304 g/mol. The Morgan fingerprint density at radius 1 is 1.25 bits per heavy atom. The normalized spacial score (nSPS) is 16.0. The van der Waals surface area contributed by atoms with E-state index in [1.165, 1.54) is 25.7 Å². The van der Waals surface area contributed by atoms with Gasteiger partial charge in [-0.25, -0.2) is 0 Å². The van der Waals surface area contributed by atoms with Crippen molar-refractivity contribution in [1.82, 2.24) is 10.2 Å². The van der Waals surface area contributed by atoms with Gasteiger partial charge in [-0.15, -0.1) is 12.4 Å². The van der Waals surface area contributed by atoms with Crippen LogP contribution in [0.15, 0.2) is 0 Å². The molecule has 0 aromatic rings. The fourth-order valence-electron chi connectivity index (χ4n) is 2.84. The molecule has 1 aliphatic heterocycles.